The fraction of sp³-hybridized carbons (Fsp3) is 0.643. The van der Waals surface area contributed by atoms with Crippen LogP contribution in [-0.2, 0) is 18.4 Å². The van der Waals surface area contributed by atoms with Gasteiger partial charge in [0, 0.05) is 5.69 Å². The molecule has 0 saturated carbocycles. The summed E-state index contributed by atoms with van der Waals surface area (Å²) in [5.41, 5.74) is 3.47. The third kappa shape index (κ3) is 2.34. The number of aromatic nitrogens is 1. The Balaban J connectivity index is 2.65. The Bertz CT molecular complexity index is 452. The largest absolute Gasteiger partial charge is 0.392 e. The first kappa shape index (κ1) is 12.8. The van der Waals surface area contributed by atoms with Crippen LogP contribution < -0.4 is 0 Å². The number of rotatable bonds is 1. The summed E-state index contributed by atoms with van der Waals surface area (Å²) in [6.07, 6.45) is 2.03. The van der Waals surface area contributed by atoms with Crippen molar-refractivity contribution < 1.29 is 5.11 Å². The van der Waals surface area contributed by atoms with Gasteiger partial charge in [-0.05, 0) is 40.9 Å². The van der Waals surface area contributed by atoms with Crippen molar-refractivity contribution in [3.63, 3.8) is 0 Å². The molecule has 0 unspecified atom stereocenters. The first-order chi connectivity index (χ1) is 7.75. The Kier molecular flexibility index (Phi) is 2.99. The first-order valence-corrected chi connectivity index (χ1v) is 6.43. The highest BCUT2D eigenvalue weighted by Crippen LogP contribution is 2.46. The molecule has 2 rings (SSSR count). The average molecular weight is 254 g/mol. The summed E-state index contributed by atoms with van der Waals surface area (Å²) in [5.74, 6) is 0. The minimum absolute atomic E-state index is 0.0361. The van der Waals surface area contributed by atoms with Crippen molar-refractivity contribution in [2.45, 2.75) is 52.6 Å². The second-order valence-electron chi connectivity index (χ2n) is 6.49. The van der Waals surface area contributed by atoms with Gasteiger partial charge < -0.3 is 5.11 Å². The van der Waals surface area contributed by atoms with Crippen molar-refractivity contribution in [3.8, 4) is 0 Å². The van der Waals surface area contributed by atoms with Crippen molar-refractivity contribution >= 4 is 11.6 Å². The maximum atomic E-state index is 9.49. The first-order valence-electron chi connectivity index (χ1n) is 6.05. The van der Waals surface area contributed by atoms with Gasteiger partial charge in [-0.15, -0.1) is 0 Å². The molecule has 0 amide bonds. The standard InChI is InChI=1S/C14H20ClNO/c1-13(2)6-10-12(14(3,4)8-13)9(7-17)5-11(15)16-10/h5,17H,6-8H2,1-4H3. The number of hydrogen-bond acceptors (Lipinski definition) is 2. The van der Waals surface area contributed by atoms with E-state index in [1.807, 2.05) is 0 Å². The van der Waals surface area contributed by atoms with E-state index in [1.54, 1.807) is 6.07 Å². The van der Waals surface area contributed by atoms with Crippen LogP contribution in [0.1, 0.15) is 50.9 Å². The summed E-state index contributed by atoms with van der Waals surface area (Å²) in [6.45, 7) is 9.01. The summed E-state index contributed by atoms with van der Waals surface area (Å²) >= 11 is 6.02. The van der Waals surface area contributed by atoms with E-state index >= 15 is 0 Å². The molecular formula is C14H20ClNO. The molecule has 0 aromatic carbocycles. The molecule has 3 heteroatoms. The van der Waals surface area contributed by atoms with Gasteiger partial charge in [0.2, 0.25) is 0 Å². The summed E-state index contributed by atoms with van der Waals surface area (Å²) < 4.78 is 0. The van der Waals surface area contributed by atoms with E-state index in [4.69, 9.17) is 11.6 Å². The molecule has 1 N–H and O–H groups in total. The number of nitrogens with zero attached hydrogens (tertiary/aromatic N) is 1. The lowest BCUT2D eigenvalue weighted by molar-refractivity contribution is 0.219. The molecule has 1 aliphatic carbocycles. The minimum atomic E-state index is 0.0361. The molecule has 1 heterocycles. The van der Waals surface area contributed by atoms with Crippen LogP contribution in [0.4, 0.5) is 0 Å². The Morgan fingerprint density at radius 3 is 2.59 bits per heavy atom. The van der Waals surface area contributed by atoms with E-state index in [9.17, 15) is 5.11 Å². The van der Waals surface area contributed by atoms with Crippen molar-refractivity contribution in [3.05, 3.63) is 28.0 Å². The van der Waals surface area contributed by atoms with Gasteiger partial charge in [-0.2, -0.15) is 0 Å². The molecule has 0 bridgehead atoms. The predicted molar refractivity (Wildman–Crippen MR) is 70.3 cm³/mol. The second-order valence-corrected chi connectivity index (χ2v) is 6.87. The van der Waals surface area contributed by atoms with Gasteiger partial charge in [-0.25, -0.2) is 4.98 Å². The minimum Gasteiger partial charge on any atom is -0.392 e. The third-order valence-electron chi connectivity index (χ3n) is 3.56. The van der Waals surface area contributed by atoms with Crippen LogP contribution in [0, 0.1) is 5.41 Å². The summed E-state index contributed by atoms with van der Waals surface area (Å²) in [5, 5.41) is 9.98. The Hall–Kier alpha value is -0.600. The maximum absolute atomic E-state index is 9.49. The molecule has 94 valence electrons. The van der Waals surface area contributed by atoms with Crippen molar-refractivity contribution in [1.29, 1.82) is 0 Å². The number of fused-ring (bicyclic) bond motifs is 1. The van der Waals surface area contributed by atoms with E-state index in [2.05, 4.69) is 32.7 Å². The van der Waals surface area contributed by atoms with Crippen LogP contribution in [0.15, 0.2) is 6.07 Å². The highest BCUT2D eigenvalue weighted by atomic mass is 35.5. The molecular weight excluding hydrogens is 234 g/mol. The molecule has 0 fully saturated rings. The molecule has 0 atom stereocenters. The van der Waals surface area contributed by atoms with Gasteiger partial charge in [0.15, 0.2) is 0 Å². The molecule has 1 aromatic rings. The highest BCUT2D eigenvalue weighted by molar-refractivity contribution is 6.29. The van der Waals surface area contributed by atoms with Gasteiger partial charge in [0.1, 0.15) is 5.15 Å². The van der Waals surface area contributed by atoms with E-state index in [-0.39, 0.29) is 17.4 Å². The smallest absolute Gasteiger partial charge is 0.129 e. The number of pyridine rings is 1. The van der Waals surface area contributed by atoms with Crippen LogP contribution in [0.5, 0.6) is 0 Å². The van der Waals surface area contributed by atoms with Gasteiger partial charge in [0.05, 0.1) is 6.61 Å². The van der Waals surface area contributed by atoms with Gasteiger partial charge in [0.25, 0.3) is 0 Å². The monoisotopic (exact) mass is 253 g/mol. The molecule has 0 aliphatic heterocycles. The number of hydrogen-bond donors (Lipinski definition) is 1. The van der Waals surface area contributed by atoms with E-state index in [1.165, 1.54) is 5.56 Å². The molecule has 1 aliphatic rings. The summed E-state index contributed by atoms with van der Waals surface area (Å²) in [7, 11) is 0. The topological polar surface area (TPSA) is 33.1 Å². The van der Waals surface area contributed by atoms with Gasteiger partial charge in [-0.3, -0.25) is 0 Å². The lowest BCUT2D eigenvalue weighted by Gasteiger charge is -2.42. The zero-order valence-corrected chi connectivity index (χ0v) is 11.7. The summed E-state index contributed by atoms with van der Waals surface area (Å²) in [4.78, 5) is 4.47. The van der Waals surface area contributed by atoms with E-state index in [0.717, 1.165) is 24.1 Å². The second kappa shape index (κ2) is 3.96. The van der Waals surface area contributed by atoms with Crippen LogP contribution >= 0.6 is 11.6 Å². The molecule has 17 heavy (non-hydrogen) atoms. The van der Waals surface area contributed by atoms with Crippen LogP contribution in [0.3, 0.4) is 0 Å². The summed E-state index contributed by atoms with van der Waals surface area (Å²) in [6, 6.07) is 1.79. The van der Waals surface area contributed by atoms with Crippen molar-refractivity contribution in [1.82, 2.24) is 4.98 Å². The van der Waals surface area contributed by atoms with Crippen LogP contribution in [-0.4, -0.2) is 10.1 Å². The van der Waals surface area contributed by atoms with Crippen LogP contribution in [0.2, 0.25) is 5.15 Å². The lowest BCUT2D eigenvalue weighted by atomic mass is 9.63. The fourth-order valence-corrected chi connectivity index (χ4v) is 3.73. The molecule has 1 aromatic heterocycles. The lowest BCUT2D eigenvalue weighted by Crippen LogP contribution is -2.36. The number of halogens is 1. The van der Waals surface area contributed by atoms with Crippen molar-refractivity contribution in [2.75, 3.05) is 0 Å². The average Bonchev–Trinajstić information content (AvgIpc) is 2.11. The highest BCUT2D eigenvalue weighted by Gasteiger charge is 2.39. The molecule has 0 spiro atoms. The van der Waals surface area contributed by atoms with E-state index in [0.29, 0.717) is 5.15 Å². The predicted octanol–water partition coefficient (Wildman–Crippen LogP) is 3.48. The van der Waals surface area contributed by atoms with Gasteiger partial charge in [-0.1, -0.05) is 39.3 Å². The Morgan fingerprint density at radius 2 is 2.00 bits per heavy atom. The zero-order chi connectivity index (χ0) is 12.8. The number of aliphatic hydroxyl groups is 1. The van der Waals surface area contributed by atoms with Gasteiger partial charge >= 0.3 is 0 Å². The zero-order valence-electron chi connectivity index (χ0n) is 11.0. The molecule has 2 nitrogen and oxygen atoms in total. The number of aliphatic hydroxyl groups excluding tert-OH is 1. The maximum Gasteiger partial charge on any atom is 0.129 e. The Labute approximate surface area is 108 Å². The fourth-order valence-electron chi connectivity index (χ4n) is 3.50. The normalized spacial score (nSPS) is 21.1. The Morgan fingerprint density at radius 1 is 1.35 bits per heavy atom. The van der Waals surface area contributed by atoms with Crippen LogP contribution in [0.25, 0.3) is 0 Å². The quantitative estimate of drug-likeness (QED) is 0.778. The van der Waals surface area contributed by atoms with Crippen molar-refractivity contribution in [2.24, 2.45) is 5.41 Å². The molecule has 0 radical (unpaired) electrons. The third-order valence-corrected chi connectivity index (χ3v) is 3.75. The molecule has 0 saturated heterocycles. The SMILES string of the molecule is CC1(C)Cc2nc(Cl)cc(CO)c2C(C)(C)C1. The van der Waals surface area contributed by atoms with E-state index < -0.39 is 0 Å².